The van der Waals surface area contributed by atoms with Crippen molar-refractivity contribution in [3.63, 3.8) is 0 Å². The van der Waals surface area contributed by atoms with Crippen molar-refractivity contribution in [3.05, 3.63) is 65.4 Å². The highest BCUT2D eigenvalue weighted by Gasteiger charge is 2.35. The summed E-state index contributed by atoms with van der Waals surface area (Å²) in [5.74, 6) is -1.05. The Morgan fingerprint density at radius 1 is 1.07 bits per heavy atom. The molecule has 0 saturated heterocycles. The molecule has 0 saturated carbocycles. The molecule has 7 heteroatoms. The third-order valence-corrected chi connectivity index (χ3v) is 4.78. The van der Waals surface area contributed by atoms with E-state index in [-0.39, 0.29) is 29.8 Å². The highest BCUT2D eigenvalue weighted by atomic mass is 16.5. The Hall–Kier alpha value is -3.45. The molecular weight excluding hydrogens is 358 g/mol. The van der Waals surface area contributed by atoms with Crippen LogP contribution in [-0.2, 0) is 4.74 Å². The van der Waals surface area contributed by atoms with Crippen molar-refractivity contribution in [2.24, 2.45) is 0 Å². The Kier molecular flexibility index (Phi) is 4.67. The molecule has 0 atom stereocenters. The molecule has 0 bridgehead atoms. The number of H-pyrrole nitrogens is 1. The number of rotatable bonds is 6. The zero-order valence-corrected chi connectivity index (χ0v) is 15.3. The molecule has 1 aliphatic rings. The third-order valence-electron chi connectivity index (χ3n) is 4.78. The van der Waals surface area contributed by atoms with Gasteiger partial charge in [0.15, 0.2) is 0 Å². The molecule has 7 nitrogen and oxygen atoms in total. The average Bonchev–Trinajstić information content (AvgIpc) is 3.26. The second kappa shape index (κ2) is 7.28. The van der Waals surface area contributed by atoms with Gasteiger partial charge in [0.2, 0.25) is 0 Å². The number of carbonyl (C=O) groups is 3. The summed E-state index contributed by atoms with van der Waals surface area (Å²) in [5.41, 5.74) is 2.47. The summed E-state index contributed by atoms with van der Waals surface area (Å²) in [7, 11) is 1.57. The molecule has 0 unspecified atom stereocenters. The van der Waals surface area contributed by atoms with E-state index in [2.05, 4.69) is 10.3 Å². The molecule has 1 aromatic heterocycles. The van der Waals surface area contributed by atoms with Gasteiger partial charge in [0.05, 0.1) is 11.1 Å². The first-order valence-electron chi connectivity index (χ1n) is 8.96. The lowest BCUT2D eigenvalue weighted by Crippen LogP contribution is -2.31. The van der Waals surface area contributed by atoms with E-state index >= 15 is 0 Å². The summed E-state index contributed by atoms with van der Waals surface area (Å²) in [5, 5.41) is 3.87. The monoisotopic (exact) mass is 377 g/mol. The number of hydrogen-bond donors (Lipinski definition) is 2. The van der Waals surface area contributed by atoms with Gasteiger partial charge in [-0.15, -0.1) is 0 Å². The molecule has 2 aromatic carbocycles. The summed E-state index contributed by atoms with van der Waals surface area (Å²) in [6.45, 7) is 0.754. The second-order valence-corrected chi connectivity index (χ2v) is 6.60. The second-order valence-electron chi connectivity index (χ2n) is 6.60. The van der Waals surface area contributed by atoms with Crippen LogP contribution in [0.4, 0.5) is 5.69 Å². The first-order valence-corrected chi connectivity index (χ1v) is 8.96. The van der Waals surface area contributed by atoms with Crippen LogP contribution in [0.2, 0.25) is 0 Å². The number of hydrogen-bond acceptors (Lipinski definition) is 4. The number of carbonyl (C=O) groups excluding carboxylic acids is 3. The minimum atomic E-state index is -0.376. The van der Waals surface area contributed by atoms with Crippen LogP contribution in [0.25, 0.3) is 10.9 Å². The van der Waals surface area contributed by atoms with Gasteiger partial charge in [0.1, 0.15) is 0 Å². The summed E-state index contributed by atoms with van der Waals surface area (Å²) in [4.78, 5) is 41.9. The van der Waals surface area contributed by atoms with Gasteiger partial charge in [-0.2, -0.15) is 0 Å². The number of anilines is 1. The number of aromatic nitrogens is 1. The number of methoxy groups -OCH3 is 1. The van der Waals surface area contributed by atoms with Crippen molar-refractivity contribution in [2.45, 2.75) is 6.42 Å². The molecule has 142 valence electrons. The average molecular weight is 377 g/mol. The minimum absolute atomic E-state index is 0.259. The lowest BCUT2D eigenvalue weighted by atomic mass is 10.1. The zero-order valence-electron chi connectivity index (χ0n) is 15.3. The van der Waals surface area contributed by atoms with Crippen LogP contribution in [0, 0.1) is 0 Å². The normalized spacial score (nSPS) is 13.2. The molecule has 0 radical (unpaired) electrons. The lowest BCUT2D eigenvalue weighted by Gasteiger charge is -2.12. The largest absolute Gasteiger partial charge is 0.385 e. The van der Waals surface area contributed by atoms with Crippen molar-refractivity contribution in [1.82, 2.24) is 9.88 Å². The Balaban J connectivity index is 1.53. The maximum absolute atomic E-state index is 12.6. The molecule has 2 N–H and O–H groups in total. The van der Waals surface area contributed by atoms with Crippen LogP contribution >= 0.6 is 0 Å². The van der Waals surface area contributed by atoms with Gasteiger partial charge in [-0.25, -0.2) is 0 Å². The van der Waals surface area contributed by atoms with Crippen LogP contribution in [0.15, 0.2) is 48.7 Å². The molecule has 3 amide bonds. The number of ether oxygens (including phenoxy) is 1. The minimum Gasteiger partial charge on any atom is -0.385 e. The molecule has 3 aromatic rings. The first kappa shape index (κ1) is 17.9. The van der Waals surface area contributed by atoms with Gasteiger partial charge in [0, 0.05) is 43.2 Å². The smallest absolute Gasteiger partial charge is 0.261 e. The van der Waals surface area contributed by atoms with E-state index in [0.29, 0.717) is 29.8 Å². The first-order chi connectivity index (χ1) is 13.6. The predicted octanol–water partition coefficient (Wildman–Crippen LogP) is 3.05. The van der Waals surface area contributed by atoms with Crippen LogP contribution in [-0.4, -0.2) is 47.9 Å². The summed E-state index contributed by atoms with van der Waals surface area (Å²) in [6, 6.07) is 12.1. The highest BCUT2D eigenvalue weighted by Crippen LogP contribution is 2.25. The molecule has 2 heterocycles. The molecule has 4 rings (SSSR count). The van der Waals surface area contributed by atoms with Gasteiger partial charge in [-0.3, -0.25) is 19.3 Å². The number of amides is 3. The molecule has 0 aliphatic carbocycles. The van der Waals surface area contributed by atoms with E-state index < -0.39 is 0 Å². The van der Waals surface area contributed by atoms with Crippen LogP contribution in [0.3, 0.4) is 0 Å². The predicted molar refractivity (Wildman–Crippen MR) is 105 cm³/mol. The standard InChI is InChI=1S/C21H19N3O4/c1-28-10-2-9-24-20(26)16-6-4-14(11-17(16)21(24)27)19(25)23-15-5-3-13-7-8-22-18(13)12-15/h3-8,11-12,22H,2,9-10H2,1H3,(H,23,25). The van der Waals surface area contributed by atoms with E-state index in [1.165, 1.54) is 17.0 Å². The fraction of sp³-hybridized carbons (Fsp3) is 0.190. The number of imide groups is 1. The maximum Gasteiger partial charge on any atom is 0.261 e. The Bertz CT molecular complexity index is 1090. The fourth-order valence-corrected chi connectivity index (χ4v) is 3.33. The molecular formula is C21H19N3O4. The maximum atomic E-state index is 12.6. The topological polar surface area (TPSA) is 91.5 Å². The molecule has 1 aliphatic heterocycles. The lowest BCUT2D eigenvalue weighted by molar-refractivity contribution is 0.0638. The summed E-state index contributed by atoms with van der Waals surface area (Å²) in [6.07, 6.45) is 2.40. The number of nitrogens with one attached hydrogen (secondary N) is 2. The van der Waals surface area contributed by atoms with Crippen molar-refractivity contribution in [2.75, 3.05) is 25.6 Å². The van der Waals surface area contributed by atoms with Gasteiger partial charge in [0.25, 0.3) is 17.7 Å². The van der Waals surface area contributed by atoms with E-state index in [0.717, 1.165) is 10.9 Å². The number of fused-ring (bicyclic) bond motifs is 2. The highest BCUT2D eigenvalue weighted by molar-refractivity contribution is 6.22. The van der Waals surface area contributed by atoms with Crippen molar-refractivity contribution in [3.8, 4) is 0 Å². The van der Waals surface area contributed by atoms with E-state index in [1.54, 1.807) is 13.2 Å². The van der Waals surface area contributed by atoms with E-state index in [4.69, 9.17) is 4.74 Å². The zero-order chi connectivity index (χ0) is 19.7. The Morgan fingerprint density at radius 2 is 1.89 bits per heavy atom. The number of aromatic amines is 1. The third kappa shape index (κ3) is 3.16. The van der Waals surface area contributed by atoms with Crippen LogP contribution in [0.1, 0.15) is 37.5 Å². The van der Waals surface area contributed by atoms with E-state index in [9.17, 15) is 14.4 Å². The quantitative estimate of drug-likeness (QED) is 0.510. The summed E-state index contributed by atoms with van der Waals surface area (Å²) >= 11 is 0. The van der Waals surface area contributed by atoms with Crippen molar-refractivity contribution < 1.29 is 19.1 Å². The van der Waals surface area contributed by atoms with Gasteiger partial charge in [-0.05, 0) is 48.2 Å². The Labute approximate surface area is 161 Å². The van der Waals surface area contributed by atoms with Crippen molar-refractivity contribution in [1.29, 1.82) is 0 Å². The molecule has 28 heavy (non-hydrogen) atoms. The van der Waals surface area contributed by atoms with Gasteiger partial charge in [-0.1, -0.05) is 6.07 Å². The van der Waals surface area contributed by atoms with Crippen molar-refractivity contribution >= 4 is 34.3 Å². The molecule has 0 spiro atoms. The fourth-order valence-electron chi connectivity index (χ4n) is 3.33. The molecule has 0 fully saturated rings. The van der Waals surface area contributed by atoms with Gasteiger partial charge < -0.3 is 15.0 Å². The van der Waals surface area contributed by atoms with Crippen LogP contribution < -0.4 is 5.32 Å². The Morgan fingerprint density at radius 3 is 2.71 bits per heavy atom. The summed E-state index contributed by atoms with van der Waals surface area (Å²) < 4.78 is 4.97. The van der Waals surface area contributed by atoms with E-state index in [1.807, 2.05) is 30.5 Å². The SMILES string of the molecule is COCCCN1C(=O)c2ccc(C(=O)Nc3ccc4cc[nH]c4c3)cc2C1=O. The number of nitrogens with zero attached hydrogens (tertiary/aromatic N) is 1. The van der Waals surface area contributed by atoms with Gasteiger partial charge >= 0.3 is 0 Å². The number of benzene rings is 2. The van der Waals surface area contributed by atoms with Crippen LogP contribution in [0.5, 0.6) is 0 Å².